The fraction of sp³-hybridized carbons (Fsp3) is 0.622. The summed E-state index contributed by atoms with van der Waals surface area (Å²) in [7, 11) is -4.11. The molecule has 4 N–H and O–H groups in total. The minimum atomic E-state index is -5.02. The maximum Gasteiger partial charge on any atom is 0.438 e. The largest absolute Gasteiger partial charge is 0.491 e. The predicted molar refractivity (Wildman–Crippen MR) is 195 cm³/mol. The summed E-state index contributed by atoms with van der Waals surface area (Å²) in [5, 5.41) is 14.7. The lowest BCUT2D eigenvalue weighted by Gasteiger charge is -2.32. The number of hydrogen-bond acceptors (Lipinski definition) is 10. The molecule has 1 aromatic carbocycles. The molecule has 3 heterocycles. The van der Waals surface area contributed by atoms with Crippen molar-refractivity contribution in [2.24, 2.45) is 17.8 Å². The fourth-order valence-corrected chi connectivity index (χ4v) is 8.83. The zero-order valence-electron chi connectivity index (χ0n) is 31.7. The van der Waals surface area contributed by atoms with Crippen molar-refractivity contribution in [2.75, 3.05) is 6.54 Å². The van der Waals surface area contributed by atoms with Crippen molar-refractivity contribution in [3.63, 3.8) is 0 Å². The third-order valence-electron chi connectivity index (χ3n) is 11.0. The molecule has 0 unspecified atom stereocenters. The number of sulfonamides is 1. The van der Waals surface area contributed by atoms with Gasteiger partial charge in [0.05, 0.1) is 28.4 Å². The van der Waals surface area contributed by atoms with Crippen LogP contribution >= 0.6 is 0 Å². The summed E-state index contributed by atoms with van der Waals surface area (Å²) in [4.78, 5) is 63.4. The van der Waals surface area contributed by atoms with E-state index in [0.29, 0.717) is 37.9 Å². The second kappa shape index (κ2) is 15.0. The Kier molecular flexibility index (Phi) is 11.0. The van der Waals surface area contributed by atoms with Crippen molar-refractivity contribution < 1.29 is 55.3 Å². The zero-order valence-corrected chi connectivity index (χ0v) is 32.5. The highest BCUT2D eigenvalue weighted by Crippen LogP contribution is 2.48. The van der Waals surface area contributed by atoms with Crippen LogP contribution < -0.4 is 24.8 Å². The molecule has 19 heteroatoms. The maximum atomic E-state index is 14.4. The number of benzene rings is 1. The molecule has 306 valence electrons. The summed E-state index contributed by atoms with van der Waals surface area (Å²) in [6.07, 6.45) is -2.48. The van der Waals surface area contributed by atoms with E-state index < -0.39 is 98.4 Å². The number of carbonyl (C=O) groups excluding carboxylic acids is 3. The van der Waals surface area contributed by atoms with Crippen LogP contribution in [-0.4, -0.2) is 93.3 Å². The molecule has 3 fully saturated rings. The molecule has 0 bridgehead atoms. The Morgan fingerprint density at radius 3 is 2.46 bits per heavy atom. The first-order valence-electron chi connectivity index (χ1n) is 18.7. The van der Waals surface area contributed by atoms with Crippen molar-refractivity contribution in [1.82, 2.24) is 30.2 Å². The molecule has 0 radical (unpaired) electrons. The fourth-order valence-electron chi connectivity index (χ4n) is 7.52. The number of allylic oxidation sites excluding steroid dienone is 1. The third-order valence-corrected chi connectivity index (χ3v) is 13.2. The number of nitrogens with zero attached hydrogens (tertiary/aromatic N) is 3. The van der Waals surface area contributed by atoms with Gasteiger partial charge in [-0.25, -0.2) is 23.2 Å². The van der Waals surface area contributed by atoms with Gasteiger partial charge in [-0.2, -0.15) is 13.2 Å². The van der Waals surface area contributed by atoms with Gasteiger partial charge in [0.1, 0.15) is 29.5 Å². The average molecular weight is 809 g/mol. The molecule has 2 aliphatic carbocycles. The molecule has 15 nitrogen and oxygen atoms in total. The number of aromatic nitrogens is 2. The van der Waals surface area contributed by atoms with Crippen LogP contribution in [-0.2, 0) is 30.6 Å². The molecule has 1 saturated heterocycles. The van der Waals surface area contributed by atoms with Crippen LogP contribution in [0.4, 0.5) is 18.0 Å². The Morgan fingerprint density at radius 1 is 1.11 bits per heavy atom. The first-order valence-corrected chi connectivity index (χ1v) is 20.2. The molecule has 2 aromatic rings. The van der Waals surface area contributed by atoms with Crippen molar-refractivity contribution in [3.05, 3.63) is 36.0 Å². The number of ether oxygens (including phenoxy) is 2. The molecular weight excluding hydrogens is 762 g/mol. The van der Waals surface area contributed by atoms with Gasteiger partial charge in [0, 0.05) is 18.4 Å². The van der Waals surface area contributed by atoms with Gasteiger partial charge in [-0.15, -0.1) is 0 Å². The molecular formula is C37H47F3N6O9S. The van der Waals surface area contributed by atoms with Gasteiger partial charge in [0.15, 0.2) is 0 Å². The predicted octanol–water partition coefficient (Wildman–Crippen LogP) is 4.31. The summed E-state index contributed by atoms with van der Waals surface area (Å²) in [6.45, 7) is 8.22. The number of hydrogen-bond donors (Lipinski definition) is 4. The first kappa shape index (κ1) is 41.0. The Hall–Kier alpha value is -4.68. The van der Waals surface area contributed by atoms with E-state index in [-0.39, 0.29) is 35.9 Å². The Bertz CT molecular complexity index is 2040. The van der Waals surface area contributed by atoms with Crippen LogP contribution in [0.2, 0.25) is 0 Å². The number of fused-ring (bicyclic) bond motifs is 3. The summed E-state index contributed by atoms with van der Waals surface area (Å²) in [5.41, 5.74) is -3.21. The van der Waals surface area contributed by atoms with E-state index in [2.05, 4.69) is 25.3 Å². The van der Waals surface area contributed by atoms with Gasteiger partial charge < -0.3 is 30.1 Å². The van der Waals surface area contributed by atoms with Crippen molar-refractivity contribution >= 4 is 44.9 Å². The number of carboxylic acid groups (broad SMARTS) is 1. The Morgan fingerprint density at radius 2 is 1.82 bits per heavy atom. The van der Waals surface area contributed by atoms with Crippen molar-refractivity contribution in [2.45, 2.75) is 120 Å². The topological polar surface area (TPSA) is 206 Å². The lowest BCUT2D eigenvalue weighted by Crippen LogP contribution is -2.59. The molecule has 1 aromatic heterocycles. The number of carbonyl (C=O) groups is 4. The highest BCUT2D eigenvalue weighted by atomic mass is 32.2. The highest BCUT2D eigenvalue weighted by molar-refractivity contribution is 7.91. The van der Waals surface area contributed by atoms with Gasteiger partial charge in [0.25, 0.3) is 5.91 Å². The Balaban J connectivity index is 1.37. The van der Waals surface area contributed by atoms with E-state index in [0.717, 1.165) is 4.90 Å². The molecule has 4 amide bonds. The second-order valence-corrected chi connectivity index (χ2v) is 18.3. The van der Waals surface area contributed by atoms with Gasteiger partial charge >= 0.3 is 12.3 Å². The van der Waals surface area contributed by atoms with Crippen molar-refractivity contribution in [3.8, 4) is 11.6 Å². The van der Waals surface area contributed by atoms with Crippen LogP contribution in [0, 0.1) is 17.8 Å². The van der Waals surface area contributed by atoms with Gasteiger partial charge in [-0.3, -0.25) is 19.1 Å². The lowest BCUT2D eigenvalue weighted by molar-refractivity contribution is -0.143. The van der Waals surface area contributed by atoms with Crippen LogP contribution in [0.5, 0.6) is 11.6 Å². The zero-order chi connectivity index (χ0) is 41.0. The smallest absolute Gasteiger partial charge is 0.438 e. The minimum Gasteiger partial charge on any atom is -0.491 e. The quantitative estimate of drug-likeness (QED) is 0.277. The van der Waals surface area contributed by atoms with E-state index in [1.165, 1.54) is 25.1 Å². The molecule has 7 atom stereocenters. The molecule has 2 aliphatic heterocycles. The van der Waals surface area contributed by atoms with E-state index in [4.69, 9.17) is 9.47 Å². The summed E-state index contributed by atoms with van der Waals surface area (Å²) in [6, 6.07) is 1.37. The van der Waals surface area contributed by atoms with Gasteiger partial charge in [0.2, 0.25) is 33.4 Å². The second-order valence-electron chi connectivity index (χ2n) is 16.1. The summed E-state index contributed by atoms with van der Waals surface area (Å²) < 4.78 is 82.0. The molecule has 56 heavy (non-hydrogen) atoms. The van der Waals surface area contributed by atoms with Crippen molar-refractivity contribution in [1.29, 1.82) is 0 Å². The van der Waals surface area contributed by atoms with Crippen LogP contribution in [0.25, 0.3) is 11.0 Å². The number of rotatable bonds is 8. The standard InChI is InChI=1S/C37H47F3N6O9S/c1-19(2)54-23-10-11-25-26(15-23)42-31(29(41-25)37(38,39)40)55-24-16-27-30(47)44-36(33(49)45-56(52,53)35(5)12-13-35)17-22(36)9-7-6-8-20(3)14-21(4)28(43-34(50)51)32(48)46(27)18-24/h7,9-11,15,19-22,24,27-28,43H,6,8,12-14,16-18H2,1-5H3,(H,44,47)(H,45,49)(H,50,51)/t20-,21-,22-,24-,27+,28+,36-/m1/s1. The van der Waals surface area contributed by atoms with E-state index in [9.17, 15) is 45.9 Å². The van der Waals surface area contributed by atoms with E-state index in [1.807, 2.05) is 13.0 Å². The molecule has 2 saturated carbocycles. The minimum absolute atomic E-state index is 0.00583. The SMILES string of the molecule is CC(C)Oc1ccc2nc(C(F)(F)F)c(O[C@@H]3C[C@H]4C(=O)N[C@]5(C(=O)NS(=O)(=O)C6(C)CC6)C[C@H]5C=CCC[C@@H](C)C[C@@H](C)[C@H](NC(=O)O)C(=O)N4C3)nc2c1. The number of nitrogens with one attached hydrogen (secondary N) is 3. The summed E-state index contributed by atoms with van der Waals surface area (Å²) in [5.74, 6) is -4.41. The molecule has 4 aliphatic rings. The maximum absolute atomic E-state index is 14.4. The van der Waals surface area contributed by atoms with Crippen LogP contribution in [0.3, 0.4) is 0 Å². The summed E-state index contributed by atoms with van der Waals surface area (Å²) >= 11 is 0. The van der Waals surface area contributed by atoms with E-state index >= 15 is 0 Å². The van der Waals surface area contributed by atoms with Gasteiger partial charge in [-0.05, 0) is 83.3 Å². The van der Waals surface area contributed by atoms with Crippen LogP contribution in [0.15, 0.2) is 30.4 Å². The molecule has 6 rings (SSSR count). The average Bonchev–Trinajstić information content (AvgIpc) is 3.97. The normalized spacial score (nSPS) is 29.3. The first-order chi connectivity index (χ1) is 26.1. The Labute approximate surface area is 322 Å². The third kappa shape index (κ3) is 8.51. The highest BCUT2D eigenvalue weighted by Gasteiger charge is 2.63. The number of halogens is 3. The van der Waals surface area contributed by atoms with Crippen LogP contribution in [0.1, 0.15) is 85.3 Å². The molecule has 0 spiro atoms. The number of amides is 4. The van der Waals surface area contributed by atoms with Gasteiger partial charge in [-0.1, -0.05) is 26.0 Å². The lowest BCUT2D eigenvalue weighted by atomic mass is 9.88. The van der Waals surface area contributed by atoms with E-state index in [1.54, 1.807) is 26.8 Å². The monoisotopic (exact) mass is 808 g/mol. The number of alkyl halides is 3.